The van der Waals surface area contributed by atoms with Crippen LogP contribution in [0.3, 0.4) is 0 Å². The molecular formula is C21H36N6. The van der Waals surface area contributed by atoms with Gasteiger partial charge in [-0.3, -0.25) is 4.99 Å². The molecule has 6 heteroatoms. The molecule has 0 spiro atoms. The van der Waals surface area contributed by atoms with Gasteiger partial charge in [-0.1, -0.05) is 13.0 Å². The van der Waals surface area contributed by atoms with Gasteiger partial charge in [0, 0.05) is 38.9 Å². The number of aliphatic imine (C=N–C) groups is 1. The van der Waals surface area contributed by atoms with Crippen molar-refractivity contribution in [2.75, 3.05) is 51.2 Å². The minimum Gasteiger partial charge on any atom is -0.356 e. The van der Waals surface area contributed by atoms with Crippen molar-refractivity contribution in [1.82, 2.24) is 20.5 Å². The van der Waals surface area contributed by atoms with Crippen LogP contribution in [0.2, 0.25) is 0 Å². The molecule has 2 aliphatic rings. The normalized spacial score (nSPS) is 20.7. The molecule has 1 aromatic rings. The number of guanidine groups is 1. The molecule has 2 saturated heterocycles. The highest BCUT2D eigenvalue weighted by molar-refractivity contribution is 5.79. The maximum Gasteiger partial charge on any atom is 0.191 e. The maximum atomic E-state index is 4.47. The summed E-state index contributed by atoms with van der Waals surface area (Å²) in [7, 11) is 1.87. The Morgan fingerprint density at radius 3 is 2.56 bits per heavy atom. The number of pyridine rings is 1. The molecule has 0 saturated carbocycles. The Morgan fingerprint density at radius 2 is 1.93 bits per heavy atom. The average Bonchev–Trinajstić information content (AvgIpc) is 2.74. The van der Waals surface area contributed by atoms with Gasteiger partial charge in [-0.2, -0.15) is 0 Å². The number of nitrogens with zero attached hydrogens (tertiary/aromatic N) is 4. The Bertz CT molecular complexity index is 559. The van der Waals surface area contributed by atoms with E-state index in [9.17, 15) is 0 Å². The molecule has 27 heavy (non-hydrogen) atoms. The van der Waals surface area contributed by atoms with Gasteiger partial charge in [0.25, 0.3) is 0 Å². The van der Waals surface area contributed by atoms with Crippen LogP contribution in [0.1, 0.15) is 39.0 Å². The van der Waals surface area contributed by atoms with Gasteiger partial charge in [0.15, 0.2) is 5.96 Å². The summed E-state index contributed by atoms with van der Waals surface area (Å²) in [5.41, 5.74) is 0. The molecule has 6 nitrogen and oxygen atoms in total. The number of hydrogen-bond acceptors (Lipinski definition) is 4. The molecule has 150 valence electrons. The summed E-state index contributed by atoms with van der Waals surface area (Å²) in [5.74, 6) is 2.91. The topological polar surface area (TPSA) is 55.8 Å². The highest BCUT2D eigenvalue weighted by Crippen LogP contribution is 2.20. The highest BCUT2D eigenvalue weighted by Gasteiger charge is 2.21. The van der Waals surface area contributed by atoms with E-state index < -0.39 is 0 Å². The summed E-state index contributed by atoms with van der Waals surface area (Å²) in [6, 6.07) is 6.62. The second kappa shape index (κ2) is 10.5. The number of rotatable bonds is 6. The Morgan fingerprint density at radius 1 is 1.15 bits per heavy atom. The van der Waals surface area contributed by atoms with Crippen LogP contribution in [0.15, 0.2) is 29.4 Å². The molecule has 0 radical (unpaired) electrons. The fourth-order valence-corrected chi connectivity index (χ4v) is 4.17. The first-order valence-electron chi connectivity index (χ1n) is 10.6. The lowest BCUT2D eigenvalue weighted by atomic mass is 9.93. The fourth-order valence-electron chi connectivity index (χ4n) is 4.17. The van der Waals surface area contributed by atoms with Crippen molar-refractivity contribution in [1.29, 1.82) is 0 Å². The van der Waals surface area contributed by atoms with Crippen molar-refractivity contribution < 1.29 is 0 Å². The van der Waals surface area contributed by atoms with Gasteiger partial charge in [0.1, 0.15) is 5.82 Å². The lowest BCUT2D eigenvalue weighted by Crippen LogP contribution is -2.49. The van der Waals surface area contributed by atoms with Crippen molar-refractivity contribution in [3.8, 4) is 0 Å². The third-order valence-electron chi connectivity index (χ3n) is 6.03. The van der Waals surface area contributed by atoms with E-state index in [1.807, 2.05) is 19.3 Å². The van der Waals surface area contributed by atoms with E-state index in [1.165, 1.54) is 38.9 Å². The minimum atomic E-state index is 0.490. The van der Waals surface area contributed by atoms with Crippen LogP contribution in [0.25, 0.3) is 0 Å². The zero-order valence-corrected chi connectivity index (χ0v) is 17.0. The van der Waals surface area contributed by atoms with Crippen LogP contribution in [0, 0.1) is 5.92 Å². The lowest BCUT2D eigenvalue weighted by molar-refractivity contribution is 0.187. The van der Waals surface area contributed by atoms with E-state index in [0.29, 0.717) is 6.04 Å². The Kier molecular flexibility index (Phi) is 7.75. The third-order valence-corrected chi connectivity index (χ3v) is 6.03. The third kappa shape index (κ3) is 6.09. The monoisotopic (exact) mass is 372 g/mol. The molecular weight excluding hydrogens is 336 g/mol. The number of anilines is 1. The Balaban J connectivity index is 1.34. The van der Waals surface area contributed by atoms with E-state index in [2.05, 4.69) is 49.5 Å². The number of hydrogen-bond donors (Lipinski definition) is 2. The molecule has 3 heterocycles. The second-order valence-electron chi connectivity index (χ2n) is 7.76. The van der Waals surface area contributed by atoms with E-state index >= 15 is 0 Å². The zero-order valence-electron chi connectivity index (χ0n) is 17.0. The Labute approximate surface area is 164 Å². The maximum absolute atomic E-state index is 4.47. The van der Waals surface area contributed by atoms with E-state index in [0.717, 1.165) is 50.2 Å². The summed E-state index contributed by atoms with van der Waals surface area (Å²) in [4.78, 5) is 13.8. The van der Waals surface area contributed by atoms with Crippen LogP contribution in [-0.4, -0.2) is 68.2 Å². The molecule has 0 unspecified atom stereocenters. The minimum absolute atomic E-state index is 0.490. The molecule has 3 rings (SSSR count). The first-order valence-corrected chi connectivity index (χ1v) is 10.6. The zero-order chi connectivity index (χ0) is 18.9. The van der Waals surface area contributed by atoms with Crippen LogP contribution in [0.4, 0.5) is 5.82 Å². The van der Waals surface area contributed by atoms with Gasteiger partial charge in [-0.05, 0) is 69.8 Å². The van der Waals surface area contributed by atoms with Crippen LogP contribution in [-0.2, 0) is 0 Å². The van der Waals surface area contributed by atoms with Crippen molar-refractivity contribution in [3.05, 3.63) is 24.4 Å². The molecule has 0 aromatic carbocycles. The standard InChI is InChI=1S/C21H36N6/c1-3-26-14-8-18(9-15-26)7-13-24-21(22-2)25-19-10-16-27(17-11-19)20-6-4-5-12-23-20/h4-6,12,18-19H,3,7-11,13-17H2,1-2H3,(H2,22,24,25). The van der Waals surface area contributed by atoms with Crippen molar-refractivity contribution in [2.24, 2.45) is 10.9 Å². The van der Waals surface area contributed by atoms with E-state index in [-0.39, 0.29) is 0 Å². The number of nitrogens with one attached hydrogen (secondary N) is 2. The van der Waals surface area contributed by atoms with Crippen molar-refractivity contribution in [2.45, 2.75) is 45.1 Å². The summed E-state index contributed by atoms with van der Waals surface area (Å²) < 4.78 is 0. The van der Waals surface area contributed by atoms with Gasteiger partial charge < -0.3 is 20.4 Å². The lowest BCUT2D eigenvalue weighted by Gasteiger charge is -2.34. The smallest absolute Gasteiger partial charge is 0.191 e. The SMILES string of the molecule is CCN1CCC(CCNC(=NC)NC2CCN(c3ccccn3)CC2)CC1. The highest BCUT2D eigenvalue weighted by atomic mass is 15.2. The molecule has 0 bridgehead atoms. The fraction of sp³-hybridized carbons (Fsp3) is 0.714. The van der Waals surface area contributed by atoms with Gasteiger partial charge in [0.05, 0.1) is 0 Å². The van der Waals surface area contributed by atoms with E-state index in [1.54, 1.807) is 0 Å². The second-order valence-corrected chi connectivity index (χ2v) is 7.76. The molecule has 1 aromatic heterocycles. The van der Waals surface area contributed by atoms with Crippen molar-refractivity contribution >= 4 is 11.8 Å². The molecule has 2 aliphatic heterocycles. The Hall–Kier alpha value is -1.82. The van der Waals surface area contributed by atoms with Gasteiger partial charge in [-0.15, -0.1) is 0 Å². The first kappa shape index (κ1) is 19.9. The summed E-state index contributed by atoms with van der Waals surface area (Å²) in [5, 5.41) is 7.15. The number of likely N-dealkylation sites (tertiary alicyclic amines) is 1. The molecule has 0 atom stereocenters. The number of aromatic nitrogens is 1. The van der Waals surface area contributed by atoms with Crippen molar-refractivity contribution in [3.63, 3.8) is 0 Å². The molecule has 0 aliphatic carbocycles. The average molecular weight is 373 g/mol. The van der Waals surface area contributed by atoms with Crippen LogP contribution in [0.5, 0.6) is 0 Å². The van der Waals surface area contributed by atoms with Gasteiger partial charge in [0.2, 0.25) is 0 Å². The predicted octanol–water partition coefficient (Wildman–Crippen LogP) is 2.34. The molecule has 0 amide bonds. The van der Waals surface area contributed by atoms with Gasteiger partial charge in [-0.25, -0.2) is 4.98 Å². The predicted molar refractivity (Wildman–Crippen MR) is 113 cm³/mol. The quantitative estimate of drug-likeness (QED) is 0.593. The van der Waals surface area contributed by atoms with Gasteiger partial charge >= 0.3 is 0 Å². The molecule has 2 N–H and O–H groups in total. The first-order chi connectivity index (χ1) is 13.3. The summed E-state index contributed by atoms with van der Waals surface area (Å²) >= 11 is 0. The van der Waals surface area contributed by atoms with E-state index in [4.69, 9.17) is 0 Å². The largest absolute Gasteiger partial charge is 0.356 e. The summed E-state index contributed by atoms with van der Waals surface area (Å²) in [6.07, 6.45) is 8.04. The molecule has 2 fully saturated rings. The van der Waals surface area contributed by atoms with Crippen LogP contribution >= 0.6 is 0 Å². The number of piperidine rings is 2. The van der Waals surface area contributed by atoms with Crippen LogP contribution < -0.4 is 15.5 Å². The summed E-state index contributed by atoms with van der Waals surface area (Å²) in [6.45, 7) is 9.09.